The Hall–Kier alpha value is -4.63. The van der Waals surface area contributed by atoms with Crippen LogP contribution in [0, 0.1) is 12.0 Å². The van der Waals surface area contributed by atoms with Crippen molar-refractivity contribution >= 4 is 16.6 Å². The van der Waals surface area contributed by atoms with E-state index in [1.807, 2.05) is 48.5 Å². The molecule has 0 spiro atoms. The summed E-state index contributed by atoms with van der Waals surface area (Å²) < 4.78 is 17.7. The van der Waals surface area contributed by atoms with E-state index in [2.05, 4.69) is 24.2 Å². The van der Waals surface area contributed by atoms with Gasteiger partial charge in [-0.2, -0.15) is 0 Å². The van der Waals surface area contributed by atoms with E-state index in [9.17, 15) is 15.0 Å². The molecule has 6 rings (SSSR count). The molecule has 4 aromatic carbocycles. The van der Waals surface area contributed by atoms with Crippen molar-refractivity contribution in [3.8, 4) is 35.0 Å². The van der Waals surface area contributed by atoms with Gasteiger partial charge < -0.3 is 24.4 Å². The van der Waals surface area contributed by atoms with Gasteiger partial charge in [0.05, 0.1) is 7.11 Å². The number of methoxy groups -OCH3 is 1. The van der Waals surface area contributed by atoms with Crippen LogP contribution >= 0.6 is 0 Å². The molecule has 6 heteroatoms. The van der Waals surface area contributed by atoms with Crippen LogP contribution in [0.1, 0.15) is 73.6 Å². The Kier molecular flexibility index (Phi) is 11.2. The Morgan fingerprint density at radius 2 is 1.73 bits per heavy atom. The molecule has 6 bridgehead atoms. The zero-order valence-corrected chi connectivity index (χ0v) is 26.0. The van der Waals surface area contributed by atoms with Crippen molar-refractivity contribution in [3.63, 3.8) is 0 Å². The van der Waals surface area contributed by atoms with E-state index >= 15 is 0 Å². The predicted molar refractivity (Wildman–Crippen MR) is 177 cm³/mol. The van der Waals surface area contributed by atoms with Crippen molar-refractivity contribution in [3.05, 3.63) is 95.1 Å². The highest BCUT2D eigenvalue weighted by Gasteiger charge is 2.16. The minimum Gasteiger partial charge on any atom is -0.508 e. The van der Waals surface area contributed by atoms with Gasteiger partial charge in [-0.1, -0.05) is 61.6 Å². The molecule has 6 nitrogen and oxygen atoms in total. The number of aryl methyl sites for hydroxylation is 2. The SMILES string of the molecule is COc1ccc2cc1OCc1ccc3c(c(O)ccc3c1)CC#COC(CCCCCCCc1cccc(O)c1)CC(=O)CC2. The normalized spacial score (nSPS) is 15.3. The summed E-state index contributed by atoms with van der Waals surface area (Å²) in [4.78, 5) is 13.1. The zero-order valence-electron chi connectivity index (χ0n) is 26.0. The number of unbranched alkanes of at least 4 members (excludes halogenated alkanes) is 4. The van der Waals surface area contributed by atoms with Crippen LogP contribution in [0.3, 0.4) is 0 Å². The summed E-state index contributed by atoms with van der Waals surface area (Å²) in [6, 6.07) is 22.9. The number of hydrogen-bond donors (Lipinski definition) is 2. The van der Waals surface area contributed by atoms with Crippen LogP contribution in [0.4, 0.5) is 0 Å². The lowest BCUT2D eigenvalue weighted by Gasteiger charge is -2.15. The van der Waals surface area contributed by atoms with Crippen LogP contribution in [-0.2, 0) is 35.4 Å². The van der Waals surface area contributed by atoms with Gasteiger partial charge in [0, 0.05) is 24.8 Å². The van der Waals surface area contributed by atoms with Gasteiger partial charge in [0.25, 0.3) is 0 Å². The van der Waals surface area contributed by atoms with Gasteiger partial charge in [0.15, 0.2) is 11.5 Å². The highest BCUT2D eigenvalue weighted by Crippen LogP contribution is 2.32. The molecule has 2 heterocycles. The van der Waals surface area contributed by atoms with Gasteiger partial charge in [-0.05, 0) is 96.0 Å². The summed E-state index contributed by atoms with van der Waals surface area (Å²) in [6.07, 6.45) is 11.3. The van der Waals surface area contributed by atoms with E-state index in [0.717, 1.165) is 78.0 Å². The number of phenolic OH excluding ortho intramolecular Hbond substituents is 2. The minimum atomic E-state index is -0.280. The number of Topliss-reactive ketones (excluding diaryl/α,β-unsaturated/α-hetero) is 1. The number of hydrogen-bond acceptors (Lipinski definition) is 6. The Morgan fingerprint density at radius 1 is 0.889 bits per heavy atom. The smallest absolute Gasteiger partial charge is 0.161 e. The molecule has 0 saturated heterocycles. The fourth-order valence-electron chi connectivity index (χ4n) is 5.89. The molecule has 0 fully saturated rings. The number of benzene rings is 4. The lowest BCUT2D eigenvalue weighted by Crippen LogP contribution is -2.16. The second kappa shape index (κ2) is 15.9. The number of carbonyl (C=O) groups is 1. The number of ketones is 1. The minimum absolute atomic E-state index is 0.143. The van der Waals surface area contributed by atoms with Crippen LogP contribution in [0.25, 0.3) is 10.8 Å². The highest BCUT2D eigenvalue weighted by atomic mass is 16.5. The van der Waals surface area contributed by atoms with Crippen LogP contribution in [-0.4, -0.2) is 29.2 Å². The molecular formula is C39H42O6. The summed E-state index contributed by atoms with van der Waals surface area (Å²) in [5.74, 6) is 5.03. The number of phenols is 2. The molecule has 1 unspecified atom stereocenters. The van der Waals surface area contributed by atoms with E-state index in [0.29, 0.717) is 49.5 Å². The third-order valence-corrected chi connectivity index (χ3v) is 8.41. The molecule has 1 atom stereocenters. The molecule has 0 aliphatic carbocycles. The number of aromatic hydroxyl groups is 2. The standard InChI is InChI=1S/C39H42O6/c1-43-38-21-16-29-14-18-33(41)26-34(12-6-4-2-3-5-9-28-10-7-11-32(40)24-28)44-22-8-13-36-35-19-15-30(27-45-39(38)25-29)23-31(35)17-20-37(36)42/h7,10-11,15-17,19-21,23-25,34,40,42H,2-6,9,12-14,18,26-27H2,1H3. The molecule has 2 N–H and O–H groups in total. The van der Waals surface area contributed by atoms with Gasteiger partial charge in [-0.3, -0.25) is 4.79 Å². The van der Waals surface area contributed by atoms with Crippen LogP contribution < -0.4 is 9.47 Å². The van der Waals surface area contributed by atoms with Crippen molar-refractivity contribution in [1.29, 1.82) is 0 Å². The molecule has 0 amide bonds. The monoisotopic (exact) mass is 606 g/mol. The van der Waals surface area contributed by atoms with Gasteiger partial charge in [-0.15, -0.1) is 0 Å². The fraction of sp³-hybridized carbons (Fsp3) is 0.359. The lowest BCUT2D eigenvalue weighted by atomic mass is 9.99. The third-order valence-electron chi connectivity index (χ3n) is 8.41. The Balaban J connectivity index is 1.26. The van der Waals surface area contributed by atoms with E-state index in [4.69, 9.17) is 14.2 Å². The first-order valence-electron chi connectivity index (χ1n) is 15.9. The summed E-state index contributed by atoms with van der Waals surface area (Å²) in [5.41, 5.74) is 3.92. The summed E-state index contributed by atoms with van der Waals surface area (Å²) in [7, 11) is 1.62. The number of carbonyl (C=O) groups excluding carboxylic acids is 1. The molecule has 0 radical (unpaired) electrons. The molecule has 4 aromatic rings. The first-order valence-corrected chi connectivity index (χ1v) is 15.9. The third kappa shape index (κ3) is 9.18. The number of fused-ring (bicyclic) bond motifs is 9. The quantitative estimate of drug-likeness (QED) is 0.148. The van der Waals surface area contributed by atoms with Gasteiger partial charge in [0.2, 0.25) is 0 Å². The van der Waals surface area contributed by atoms with Crippen molar-refractivity contribution in [2.45, 2.75) is 83.3 Å². The second-order valence-electron chi connectivity index (χ2n) is 11.8. The molecule has 0 saturated carbocycles. The predicted octanol–water partition coefficient (Wildman–Crippen LogP) is 8.22. The molecule has 234 valence electrons. The second-order valence-corrected chi connectivity index (χ2v) is 11.8. The van der Waals surface area contributed by atoms with E-state index in [1.54, 1.807) is 19.2 Å². The number of rotatable bonds is 9. The van der Waals surface area contributed by atoms with Crippen LogP contribution in [0.2, 0.25) is 0 Å². The maximum atomic E-state index is 13.1. The highest BCUT2D eigenvalue weighted by molar-refractivity contribution is 5.88. The van der Waals surface area contributed by atoms with Crippen molar-refractivity contribution in [2.75, 3.05) is 7.11 Å². The zero-order chi connectivity index (χ0) is 31.4. The van der Waals surface area contributed by atoms with E-state index in [-0.39, 0.29) is 17.6 Å². The maximum absolute atomic E-state index is 13.1. The first-order chi connectivity index (χ1) is 22.0. The average Bonchev–Trinajstić information content (AvgIpc) is 3.04. The molecule has 0 aromatic heterocycles. The Bertz CT molecular complexity index is 1660. The largest absolute Gasteiger partial charge is 0.508 e. The van der Waals surface area contributed by atoms with Crippen molar-refractivity contribution < 1.29 is 29.2 Å². The van der Waals surface area contributed by atoms with Gasteiger partial charge in [-0.25, -0.2) is 0 Å². The first kappa shape index (κ1) is 31.8. The topological polar surface area (TPSA) is 85.2 Å². The fourth-order valence-corrected chi connectivity index (χ4v) is 5.89. The molecule has 2 aliphatic rings. The molecule has 45 heavy (non-hydrogen) atoms. The van der Waals surface area contributed by atoms with Crippen molar-refractivity contribution in [2.24, 2.45) is 0 Å². The average molecular weight is 607 g/mol. The number of ether oxygens (including phenoxy) is 3. The van der Waals surface area contributed by atoms with E-state index < -0.39 is 0 Å². The van der Waals surface area contributed by atoms with E-state index in [1.165, 1.54) is 0 Å². The Morgan fingerprint density at radius 3 is 2.60 bits per heavy atom. The van der Waals surface area contributed by atoms with Crippen molar-refractivity contribution in [1.82, 2.24) is 0 Å². The van der Waals surface area contributed by atoms with Crippen LogP contribution in [0.15, 0.2) is 72.8 Å². The van der Waals surface area contributed by atoms with Gasteiger partial charge >= 0.3 is 0 Å². The van der Waals surface area contributed by atoms with Crippen LogP contribution in [0.5, 0.6) is 23.0 Å². The Labute approximate surface area is 266 Å². The molecular weight excluding hydrogens is 564 g/mol. The van der Waals surface area contributed by atoms with Gasteiger partial charge in [0.1, 0.15) is 36.1 Å². The summed E-state index contributed by atoms with van der Waals surface area (Å²) in [6.45, 7) is 0.359. The maximum Gasteiger partial charge on any atom is 0.161 e. The summed E-state index contributed by atoms with van der Waals surface area (Å²) in [5, 5.41) is 22.2. The summed E-state index contributed by atoms with van der Waals surface area (Å²) >= 11 is 0. The molecule has 2 aliphatic heterocycles. The lowest BCUT2D eigenvalue weighted by molar-refractivity contribution is -0.121.